The molecule has 0 unspecified atom stereocenters. The van der Waals surface area contributed by atoms with Gasteiger partial charge in [-0.2, -0.15) is 0 Å². The van der Waals surface area contributed by atoms with E-state index < -0.39 is 5.91 Å². The number of nitrogens with zero attached hydrogens (tertiary/aromatic N) is 1. The first kappa shape index (κ1) is 14.5. The Hall–Kier alpha value is -2.41. The summed E-state index contributed by atoms with van der Waals surface area (Å²) in [4.78, 5) is 28.9. The molecular formula is C15H16N4O2S. The molecule has 6 nitrogen and oxygen atoms in total. The molecule has 1 aromatic heterocycles. The number of likely N-dealkylation sites (N-methyl/N-ethyl adjacent to an activating group) is 1. The number of benzene rings is 1. The molecular weight excluding hydrogens is 300 g/mol. The highest BCUT2D eigenvalue weighted by molar-refractivity contribution is 8.04. The van der Waals surface area contributed by atoms with Crippen LogP contribution in [0.1, 0.15) is 17.3 Å². The van der Waals surface area contributed by atoms with E-state index in [1.807, 2.05) is 25.1 Å². The molecule has 3 rings (SSSR count). The quantitative estimate of drug-likeness (QED) is 0.753. The maximum atomic E-state index is 12.0. The Balaban J connectivity index is 1.84. The number of carbonyl (C=O) groups excluding carboxylic acids is 2. The Morgan fingerprint density at radius 2 is 2.36 bits per heavy atom. The van der Waals surface area contributed by atoms with Crippen LogP contribution in [0.2, 0.25) is 0 Å². The zero-order valence-corrected chi connectivity index (χ0v) is 12.9. The Bertz CT molecular complexity index is 781. The van der Waals surface area contributed by atoms with Crippen LogP contribution in [-0.4, -0.2) is 34.1 Å². The standard InChI is InChI=1S/C15H16N4O2S/c1-2-19-8-22-13(15(19)21)7-17-9-3-4-12-10(5-9)11(6-18-12)14(16)20/h3-7,17-18H,2,8H2,1H3,(H2,16,20). The number of rotatable bonds is 4. The Morgan fingerprint density at radius 1 is 1.55 bits per heavy atom. The van der Waals surface area contributed by atoms with Gasteiger partial charge in [0.1, 0.15) is 0 Å². The van der Waals surface area contributed by atoms with Crippen molar-refractivity contribution in [2.24, 2.45) is 5.73 Å². The summed E-state index contributed by atoms with van der Waals surface area (Å²) in [6.45, 7) is 2.67. The zero-order valence-electron chi connectivity index (χ0n) is 12.1. The van der Waals surface area contributed by atoms with Crippen molar-refractivity contribution >= 4 is 40.2 Å². The van der Waals surface area contributed by atoms with Crippen LogP contribution < -0.4 is 11.1 Å². The van der Waals surface area contributed by atoms with E-state index in [-0.39, 0.29) is 5.91 Å². The number of nitrogens with one attached hydrogen (secondary N) is 2. The van der Waals surface area contributed by atoms with Gasteiger partial charge in [-0.25, -0.2) is 0 Å². The number of hydrogen-bond acceptors (Lipinski definition) is 4. The lowest BCUT2D eigenvalue weighted by atomic mass is 10.1. The number of aromatic amines is 1. The number of nitrogens with two attached hydrogens (primary N) is 1. The molecule has 1 fully saturated rings. The Morgan fingerprint density at radius 3 is 3.05 bits per heavy atom. The van der Waals surface area contributed by atoms with Crippen molar-refractivity contribution in [3.8, 4) is 0 Å². The Kier molecular flexibility index (Phi) is 3.81. The lowest BCUT2D eigenvalue weighted by Gasteiger charge is -2.09. The largest absolute Gasteiger partial charge is 0.366 e. The first-order valence-corrected chi connectivity index (χ1v) is 7.88. The summed E-state index contributed by atoms with van der Waals surface area (Å²) >= 11 is 1.51. The van der Waals surface area contributed by atoms with Crippen molar-refractivity contribution in [2.75, 3.05) is 17.7 Å². The molecule has 22 heavy (non-hydrogen) atoms. The number of aromatic nitrogens is 1. The molecule has 0 saturated carbocycles. The summed E-state index contributed by atoms with van der Waals surface area (Å²) in [7, 11) is 0. The van der Waals surface area contributed by atoms with Crippen LogP contribution in [0.5, 0.6) is 0 Å². The average Bonchev–Trinajstić information content (AvgIpc) is 3.08. The third-order valence-corrected chi connectivity index (χ3v) is 4.62. The molecule has 2 heterocycles. The second-order valence-electron chi connectivity index (χ2n) is 4.91. The SMILES string of the molecule is CCN1CSC(=CNc2ccc3[nH]cc(C(N)=O)c3c2)C1=O. The summed E-state index contributed by atoms with van der Waals surface area (Å²) in [5.41, 5.74) is 7.45. The first-order valence-electron chi connectivity index (χ1n) is 6.90. The van der Waals surface area contributed by atoms with Crippen LogP contribution in [0.15, 0.2) is 35.5 Å². The summed E-state index contributed by atoms with van der Waals surface area (Å²) < 4.78 is 0. The fourth-order valence-electron chi connectivity index (χ4n) is 2.33. The number of H-pyrrole nitrogens is 1. The van der Waals surface area contributed by atoms with Gasteiger partial charge in [-0.1, -0.05) is 11.8 Å². The van der Waals surface area contributed by atoms with Crippen molar-refractivity contribution in [2.45, 2.75) is 6.92 Å². The molecule has 0 bridgehead atoms. The Labute approximate surface area is 131 Å². The molecule has 0 aliphatic carbocycles. The van der Waals surface area contributed by atoms with Crippen molar-refractivity contribution in [3.05, 3.63) is 41.1 Å². The van der Waals surface area contributed by atoms with Crippen molar-refractivity contribution in [3.63, 3.8) is 0 Å². The second kappa shape index (κ2) is 5.76. The van der Waals surface area contributed by atoms with Crippen LogP contribution in [0.25, 0.3) is 10.9 Å². The zero-order chi connectivity index (χ0) is 15.7. The fraction of sp³-hybridized carbons (Fsp3) is 0.200. The van der Waals surface area contributed by atoms with Crippen molar-refractivity contribution in [1.82, 2.24) is 9.88 Å². The predicted octanol–water partition coefficient (Wildman–Crippen LogP) is 2.07. The molecule has 0 radical (unpaired) electrons. The molecule has 2 aromatic rings. The highest BCUT2D eigenvalue weighted by atomic mass is 32.2. The summed E-state index contributed by atoms with van der Waals surface area (Å²) in [6, 6.07) is 5.58. The molecule has 7 heteroatoms. The van der Waals surface area contributed by atoms with Gasteiger partial charge in [-0.15, -0.1) is 0 Å². The van der Waals surface area contributed by atoms with Gasteiger partial charge < -0.3 is 20.9 Å². The second-order valence-corrected chi connectivity index (χ2v) is 5.90. The number of anilines is 1. The number of carbonyl (C=O) groups is 2. The summed E-state index contributed by atoms with van der Waals surface area (Å²) in [5.74, 6) is 0.258. The maximum Gasteiger partial charge on any atom is 0.262 e. The van der Waals surface area contributed by atoms with Gasteiger partial charge in [-0.05, 0) is 25.1 Å². The van der Waals surface area contributed by atoms with Gasteiger partial charge in [0.15, 0.2) is 0 Å². The third-order valence-electron chi connectivity index (χ3n) is 3.57. The van der Waals surface area contributed by atoms with E-state index >= 15 is 0 Å². The smallest absolute Gasteiger partial charge is 0.262 e. The molecule has 1 saturated heterocycles. The van der Waals surface area contributed by atoms with Crippen LogP contribution >= 0.6 is 11.8 Å². The minimum absolute atomic E-state index is 0.0422. The van der Waals surface area contributed by atoms with E-state index in [1.54, 1.807) is 17.3 Å². The average molecular weight is 316 g/mol. The van der Waals surface area contributed by atoms with Crippen LogP contribution in [0.4, 0.5) is 5.69 Å². The highest BCUT2D eigenvalue weighted by Gasteiger charge is 2.25. The molecule has 0 spiro atoms. The van der Waals surface area contributed by atoms with E-state index in [2.05, 4.69) is 10.3 Å². The number of fused-ring (bicyclic) bond motifs is 1. The highest BCUT2D eigenvalue weighted by Crippen LogP contribution is 2.28. The molecule has 0 atom stereocenters. The molecule has 1 aliphatic rings. The van der Waals surface area contributed by atoms with Gasteiger partial charge in [0.05, 0.1) is 16.3 Å². The van der Waals surface area contributed by atoms with E-state index in [4.69, 9.17) is 5.73 Å². The van der Waals surface area contributed by atoms with Crippen molar-refractivity contribution in [1.29, 1.82) is 0 Å². The van der Waals surface area contributed by atoms with Crippen molar-refractivity contribution < 1.29 is 9.59 Å². The summed E-state index contributed by atoms with van der Waals surface area (Å²) in [5, 5.41) is 3.87. The number of amides is 2. The normalized spacial score (nSPS) is 16.7. The molecule has 2 amide bonds. The van der Waals surface area contributed by atoms with Gasteiger partial charge in [-0.3, -0.25) is 9.59 Å². The number of primary amides is 1. The van der Waals surface area contributed by atoms with E-state index in [9.17, 15) is 9.59 Å². The molecule has 1 aliphatic heterocycles. The van der Waals surface area contributed by atoms with Gasteiger partial charge >= 0.3 is 0 Å². The first-order chi connectivity index (χ1) is 10.6. The maximum absolute atomic E-state index is 12.0. The summed E-state index contributed by atoms with van der Waals surface area (Å²) in [6.07, 6.45) is 3.31. The molecule has 1 aromatic carbocycles. The fourth-order valence-corrected chi connectivity index (χ4v) is 3.31. The van der Waals surface area contributed by atoms with Gasteiger partial charge in [0.2, 0.25) is 0 Å². The minimum Gasteiger partial charge on any atom is -0.366 e. The number of hydrogen-bond donors (Lipinski definition) is 3. The third kappa shape index (κ3) is 2.55. The van der Waals surface area contributed by atoms with E-state index in [0.717, 1.165) is 16.6 Å². The van der Waals surface area contributed by atoms with Crippen LogP contribution in [-0.2, 0) is 4.79 Å². The predicted molar refractivity (Wildman–Crippen MR) is 88.4 cm³/mol. The van der Waals surface area contributed by atoms with Gasteiger partial charge in [0, 0.05) is 35.5 Å². The lowest BCUT2D eigenvalue weighted by molar-refractivity contribution is -0.124. The monoisotopic (exact) mass is 316 g/mol. The molecule has 4 N–H and O–H groups in total. The van der Waals surface area contributed by atoms with E-state index in [1.165, 1.54) is 11.8 Å². The molecule has 114 valence electrons. The van der Waals surface area contributed by atoms with Crippen LogP contribution in [0, 0.1) is 0 Å². The lowest BCUT2D eigenvalue weighted by Crippen LogP contribution is -2.24. The van der Waals surface area contributed by atoms with Gasteiger partial charge in [0.25, 0.3) is 11.8 Å². The topological polar surface area (TPSA) is 91.2 Å². The number of thioether (sulfide) groups is 1. The van der Waals surface area contributed by atoms with E-state index in [0.29, 0.717) is 22.9 Å². The van der Waals surface area contributed by atoms with Crippen LogP contribution in [0.3, 0.4) is 0 Å². The minimum atomic E-state index is -0.470.